The highest BCUT2D eigenvalue weighted by Gasteiger charge is 2.16. The van der Waals surface area contributed by atoms with Crippen molar-refractivity contribution in [2.45, 2.75) is 57.8 Å². The van der Waals surface area contributed by atoms with Gasteiger partial charge < -0.3 is 9.67 Å². The highest BCUT2D eigenvalue weighted by Crippen LogP contribution is 2.40. The maximum absolute atomic E-state index is 12.6. The van der Waals surface area contributed by atoms with Crippen molar-refractivity contribution in [3.8, 4) is 0 Å². The van der Waals surface area contributed by atoms with Gasteiger partial charge in [-0.3, -0.25) is 0 Å². The lowest BCUT2D eigenvalue weighted by molar-refractivity contribution is 0.282. The van der Waals surface area contributed by atoms with E-state index in [-0.39, 0.29) is 0 Å². The Morgan fingerprint density at radius 1 is 0.810 bits per heavy atom. The van der Waals surface area contributed by atoms with Gasteiger partial charge in [0.15, 0.2) is 0 Å². The summed E-state index contributed by atoms with van der Waals surface area (Å²) in [7, 11) is -2.14. The lowest BCUT2D eigenvalue weighted by Crippen LogP contribution is -2.06. The van der Waals surface area contributed by atoms with Crippen molar-refractivity contribution in [3.05, 3.63) is 30.3 Å². The highest BCUT2D eigenvalue weighted by atomic mass is 31.2. The van der Waals surface area contributed by atoms with Crippen LogP contribution in [0.4, 0.5) is 0 Å². The molecule has 0 radical (unpaired) electrons. The van der Waals surface area contributed by atoms with E-state index >= 15 is 0 Å². The fourth-order valence-corrected chi connectivity index (χ4v) is 4.52. The largest absolute Gasteiger partial charge is 0.396 e. The second-order valence-electron chi connectivity index (χ2n) is 6.07. The van der Waals surface area contributed by atoms with Crippen molar-refractivity contribution in [1.82, 2.24) is 0 Å². The van der Waals surface area contributed by atoms with Crippen LogP contribution in [-0.2, 0) is 4.57 Å². The quantitative estimate of drug-likeness (QED) is 0.444. The maximum Gasteiger partial charge on any atom is 0.112 e. The van der Waals surface area contributed by atoms with Crippen molar-refractivity contribution < 1.29 is 9.67 Å². The van der Waals surface area contributed by atoms with Crippen molar-refractivity contribution in [2.75, 3.05) is 19.4 Å². The first-order valence-corrected chi connectivity index (χ1v) is 10.7. The van der Waals surface area contributed by atoms with Crippen molar-refractivity contribution in [2.24, 2.45) is 0 Å². The summed E-state index contributed by atoms with van der Waals surface area (Å²) in [6.07, 6.45) is 11.6. The van der Waals surface area contributed by atoms with E-state index in [1.165, 1.54) is 38.5 Å². The van der Waals surface area contributed by atoms with E-state index in [4.69, 9.17) is 5.11 Å². The molecule has 0 heterocycles. The summed E-state index contributed by atoms with van der Waals surface area (Å²) in [6, 6.07) is 9.91. The molecule has 0 fully saturated rings. The van der Waals surface area contributed by atoms with Gasteiger partial charge in [-0.1, -0.05) is 75.3 Å². The Balaban J connectivity index is 2.03. The summed E-state index contributed by atoms with van der Waals surface area (Å²) in [5, 5.41) is 9.71. The molecule has 0 amide bonds. The van der Waals surface area contributed by atoms with E-state index < -0.39 is 7.14 Å². The Hall–Kier alpha value is -0.590. The SMILES string of the molecule is CP(=O)(CCCCCCCCCCCO)c1ccccc1. The molecule has 1 N–H and O–H groups in total. The van der Waals surface area contributed by atoms with Crippen LogP contribution in [0.2, 0.25) is 0 Å². The second kappa shape index (κ2) is 11.0. The molecule has 0 aliphatic carbocycles. The fraction of sp³-hybridized carbons (Fsp3) is 0.667. The van der Waals surface area contributed by atoms with Crippen molar-refractivity contribution in [1.29, 1.82) is 0 Å². The van der Waals surface area contributed by atoms with Gasteiger partial charge in [-0.2, -0.15) is 0 Å². The van der Waals surface area contributed by atoms with Crippen LogP contribution >= 0.6 is 7.14 Å². The molecule has 2 nitrogen and oxygen atoms in total. The zero-order chi connectivity index (χ0) is 15.4. The summed E-state index contributed by atoms with van der Waals surface area (Å²) in [4.78, 5) is 0. The molecular weight excluding hydrogens is 279 g/mol. The number of unbranched alkanes of at least 4 members (excludes halogenated alkanes) is 8. The number of rotatable bonds is 12. The van der Waals surface area contributed by atoms with Gasteiger partial charge in [0.25, 0.3) is 0 Å². The van der Waals surface area contributed by atoms with E-state index in [2.05, 4.69) is 0 Å². The van der Waals surface area contributed by atoms with Gasteiger partial charge in [-0.05, 0) is 19.5 Å². The topological polar surface area (TPSA) is 37.3 Å². The van der Waals surface area contributed by atoms with Crippen molar-refractivity contribution in [3.63, 3.8) is 0 Å². The normalized spacial score (nSPS) is 14.0. The Labute approximate surface area is 130 Å². The summed E-state index contributed by atoms with van der Waals surface area (Å²) < 4.78 is 12.6. The number of benzene rings is 1. The maximum atomic E-state index is 12.6. The number of aliphatic hydroxyl groups is 1. The Morgan fingerprint density at radius 2 is 1.29 bits per heavy atom. The number of hydrogen-bond acceptors (Lipinski definition) is 2. The smallest absolute Gasteiger partial charge is 0.112 e. The fourth-order valence-electron chi connectivity index (χ4n) is 2.64. The first-order chi connectivity index (χ1) is 10.2. The van der Waals surface area contributed by atoms with Crippen LogP contribution in [0.25, 0.3) is 0 Å². The molecule has 3 heteroatoms. The van der Waals surface area contributed by atoms with Crippen LogP contribution in [0.15, 0.2) is 30.3 Å². The monoisotopic (exact) mass is 310 g/mol. The van der Waals surface area contributed by atoms with Gasteiger partial charge in [-0.15, -0.1) is 0 Å². The lowest BCUT2D eigenvalue weighted by Gasteiger charge is -2.13. The Kier molecular flexibility index (Phi) is 9.70. The predicted octanol–water partition coefficient (Wildman–Crippen LogP) is 4.81. The summed E-state index contributed by atoms with van der Waals surface area (Å²) in [5.74, 6) is 0. The third-order valence-corrected chi connectivity index (χ3v) is 6.61. The van der Waals surface area contributed by atoms with Crippen LogP contribution < -0.4 is 5.30 Å². The molecule has 1 atom stereocenters. The zero-order valence-corrected chi connectivity index (χ0v) is 14.4. The number of hydrogen-bond donors (Lipinski definition) is 1. The molecular formula is C18H31O2P. The van der Waals surface area contributed by atoms with E-state index in [9.17, 15) is 4.57 Å². The summed E-state index contributed by atoms with van der Waals surface area (Å²) >= 11 is 0. The molecule has 1 unspecified atom stereocenters. The Morgan fingerprint density at radius 3 is 1.81 bits per heavy atom. The molecule has 120 valence electrons. The van der Waals surface area contributed by atoms with E-state index in [1.807, 2.05) is 37.0 Å². The standard InChI is InChI=1S/C18H31O2P/c1-21(20,18-14-10-9-11-15-18)17-13-8-6-4-2-3-5-7-12-16-19/h9-11,14-15,19H,2-8,12-13,16-17H2,1H3. The van der Waals surface area contributed by atoms with Crippen LogP contribution in [0, 0.1) is 0 Å². The molecule has 0 aromatic heterocycles. The zero-order valence-electron chi connectivity index (χ0n) is 13.5. The predicted molar refractivity (Wildman–Crippen MR) is 93.1 cm³/mol. The first kappa shape index (κ1) is 18.5. The molecule has 1 aromatic carbocycles. The van der Waals surface area contributed by atoms with Gasteiger partial charge in [0, 0.05) is 18.1 Å². The van der Waals surface area contributed by atoms with Gasteiger partial charge >= 0.3 is 0 Å². The molecule has 0 bridgehead atoms. The minimum absolute atomic E-state index is 0.332. The average molecular weight is 310 g/mol. The first-order valence-electron chi connectivity index (χ1n) is 8.40. The van der Waals surface area contributed by atoms with Crippen LogP contribution in [0.3, 0.4) is 0 Å². The molecule has 1 rings (SSSR count). The molecule has 1 aromatic rings. The summed E-state index contributed by atoms with van der Waals surface area (Å²) in [6.45, 7) is 2.25. The molecule has 0 aliphatic rings. The third kappa shape index (κ3) is 8.44. The molecule has 0 saturated heterocycles. The second-order valence-corrected chi connectivity index (χ2v) is 9.23. The van der Waals surface area contributed by atoms with Crippen LogP contribution in [-0.4, -0.2) is 24.5 Å². The van der Waals surface area contributed by atoms with Gasteiger partial charge in [0.05, 0.1) is 0 Å². The minimum Gasteiger partial charge on any atom is -0.396 e. The summed E-state index contributed by atoms with van der Waals surface area (Å²) in [5.41, 5.74) is 0. The Bertz CT molecular complexity index is 403. The average Bonchev–Trinajstić information content (AvgIpc) is 2.50. The van der Waals surface area contributed by atoms with Crippen LogP contribution in [0.5, 0.6) is 0 Å². The molecule has 0 saturated carbocycles. The van der Waals surface area contributed by atoms with E-state index in [1.54, 1.807) is 0 Å². The van der Waals surface area contributed by atoms with Crippen molar-refractivity contribution >= 4 is 12.4 Å². The third-order valence-electron chi connectivity index (χ3n) is 4.05. The van der Waals surface area contributed by atoms with Gasteiger partial charge in [-0.25, -0.2) is 0 Å². The van der Waals surface area contributed by atoms with E-state index in [0.717, 1.165) is 30.7 Å². The highest BCUT2D eigenvalue weighted by molar-refractivity contribution is 7.70. The molecule has 0 spiro atoms. The van der Waals surface area contributed by atoms with Crippen LogP contribution in [0.1, 0.15) is 57.8 Å². The lowest BCUT2D eigenvalue weighted by atomic mass is 10.1. The van der Waals surface area contributed by atoms with Gasteiger partial charge in [0.2, 0.25) is 0 Å². The van der Waals surface area contributed by atoms with Gasteiger partial charge in [0.1, 0.15) is 7.14 Å². The van der Waals surface area contributed by atoms with E-state index in [0.29, 0.717) is 6.61 Å². The number of aliphatic hydroxyl groups excluding tert-OH is 1. The minimum atomic E-state index is -2.14. The molecule has 21 heavy (non-hydrogen) atoms. The molecule has 0 aliphatic heterocycles.